The largest absolute Gasteiger partial charge is 0.356 e. The van der Waals surface area contributed by atoms with Gasteiger partial charge in [-0.25, -0.2) is 15.8 Å². The molecule has 19 heavy (non-hydrogen) atoms. The van der Waals surface area contributed by atoms with Crippen molar-refractivity contribution in [3.63, 3.8) is 0 Å². The molecule has 1 saturated heterocycles. The minimum Gasteiger partial charge on any atom is -0.356 e. The van der Waals surface area contributed by atoms with E-state index in [0.717, 1.165) is 35.2 Å². The Balaban J connectivity index is 2.14. The second kappa shape index (κ2) is 6.52. The van der Waals surface area contributed by atoms with Crippen LogP contribution in [-0.2, 0) is 0 Å². The lowest BCUT2D eigenvalue weighted by Gasteiger charge is -2.23. The molecule has 3 N–H and O–H groups in total. The fraction of sp³-hybridized carbons (Fsp3) is 0.692. The Kier molecular flexibility index (Phi) is 4.99. The molecule has 0 amide bonds. The van der Waals surface area contributed by atoms with E-state index in [4.69, 9.17) is 5.84 Å². The van der Waals surface area contributed by atoms with E-state index in [-0.39, 0.29) is 0 Å². The third-order valence-corrected chi connectivity index (χ3v) is 4.65. The summed E-state index contributed by atoms with van der Waals surface area (Å²) in [7, 11) is 0. The summed E-state index contributed by atoms with van der Waals surface area (Å²) < 4.78 is 0.848. The van der Waals surface area contributed by atoms with Crippen LogP contribution in [-0.4, -0.2) is 23.1 Å². The lowest BCUT2D eigenvalue weighted by Crippen LogP contribution is -2.26. The quantitative estimate of drug-likeness (QED) is 0.660. The zero-order valence-electron chi connectivity index (χ0n) is 11.6. The molecular weight excluding hydrogens is 306 g/mol. The van der Waals surface area contributed by atoms with Crippen LogP contribution in [0, 0.1) is 11.8 Å². The van der Waals surface area contributed by atoms with E-state index in [9.17, 15) is 0 Å². The van der Waals surface area contributed by atoms with Crippen LogP contribution in [0.5, 0.6) is 0 Å². The first-order chi connectivity index (χ1) is 9.13. The van der Waals surface area contributed by atoms with E-state index in [1.165, 1.54) is 19.3 Å². The zero-order chi connectivity index (χ0) is 13.8. The molecule has 0 radical (unpaired) electrons. The summed E-state index contributed by atoms with van der Waals surface area (Å²) in [5, 5.41) is 0. The molecule has 1 aliphatic rings. The van der Waals surface area contributed by atoms with E-state index in [0.29, 0.717) is 5.82 Å². The van der Waals surface area contributed by atoms with Crippen LogP contribution in [0.15, 0.2) is 10.8 Å². The molecule has 1 aromatic heterocycles. The van der Waals surface area contributed by atoms with E-state index >= 15 is 0 Å². The monoisotopic (exact) mass is 327 g/mol. The van der Waals surface area contributed by atoms with Gasteiger partial charge in [-0.05, 0) is 47.0 Å². The second-order valence-electron chi connectivity index (χ2n) is 5.43. The van der Waals surface area contributed by atoms with Gasteiger partial charge >= 0.3 is 0 Å². The average Bonchev–Trinajstić information content (AvgIpc) is 2.65. The number of aromatic nitrogens is 2. The molecule has 2 rings (SSSR count). The Bertz CT molecular complexity index is 423. The van der Waals surface area contributed by atoms with E-state index in [1.54, 1.807) is 6.33 Å². The number of nitrogens with two attached hydrogens (primary N) is 1. The third kappa shape index (κ3) is 3.36. The highest BCUT2D eigenvalue weighted by molar-refractivity contribution is 9.10. The predicted molar refractivity (Wildman–Crippen MR) is 81.9 cm³/mol. The Morgan fingerprint density at radius 1 is 1.37 bits per heavy atom. The van der Waals surface area contributed by atoms with Crippen LogP contribution in [0.1, 0.15) is 33.1 Å². The molecule has 0 bridgehead atoms. The van der Waals surface area contributed by atoms with Crippen LogP contribution in [0.4, 0.5) is 11.6 Å². The van der Waals surface area contributed by atoms with Gasteiger partial charge in [0.2, 0.25) is 0 Å². The molecule has 1 unspecified atom stereocenters. The number of hydrogen-bond acceptors (Lipinski definition) is 5. The lowest BCUT2D eigenvalue weighted by atomic mass is 9.89. The normalized spacial score (nSPS) is 20.5. The topological polar surface area (TPSA) is 67.1 Å². The fourth-order valence-corrected chi connectivity index (χ4v) is 3.25. The average molecular weight is 328 g/mol. The van der Waals surface area contributed by atoms with Gasteiger partial charge in [-0.3, -0.25) is 0 Å². The highest BCUT2D eigenvalue weighted by atomic mass is 79.9. The molecule has 5 nitrogen and oxygen atoms in total. The zero-order valence-corrected chi connectivity index (χ0v) is 13.2. The molecule has 0 aliphatic carbocycles. The second-order valence-corrected chi connectivity index (χ2v) is 6.22. The highest BCUT2D eigenvalue weighted by Gasteiger charge is 2.22. The standard InChI is InChI=1S/C13H22BrN5/c1-9(2)10-4-3-6-19(7-5-10)13-11(14)12(18-15)16-8-17-13/h8-10H,3-7,15H2,1-2H3,(H,16,17,18). The number of nitrogen functional groups attached to an aromatic ring is 1. The van der Waals surface area contributed by atoms with Crippen molar-refractivity contribution in [3.05, 3.63) is 10.8 Å². The molecule has 106 valence electrons. The minimum atomic E-state index is 0.634. The van der Waals surface area contributed by atoms with Crippen LogP contribution in [0.25, 0.3) is 0 Å². The smallest absolute Gasteiger partial charge is 0.159 e. The first kappa shape index (κ1) is 14.5. The van der Waals surface area contributed by atoms with Gasteiger partial charge in [-0.15, -0.1) is 0 Å². The number of halogens is 1. The van der Waals surface area contributed by atoms with Crippen molar-refractivity contribution in [1.29, 1.82) is 0 Å². The molecule has 0 spiro atoms. The van der Waals surface area contributed by atoms with Crippen molar-refractivity contribution < 1.29 is 0 Å². The van der Waals surface area contributed by atoms with Gasteiger partial charge in [0, 0.05) is 13.1 Å². The molecular formula is C13H22BrN5. The molecule has 2 heterocycles. The van der Waals surface area contributed by atoms with Gasteiger partial charge in [-0.2, -0.15) is 0 Å². The predicted octanol–water partition coefficient (Wildman–Crippen LogP) is 2.79. The van der Waals surface area contributed by atoms with Crippen LogP contribution in [0.3, 0.4) is 0 Å². The van der Waals surface area contributed by atoms with Crippen molar-refractivity contribution in [3.8, 4) is 0 Å². The molecule has 1 aliphatic heterocycles. The molecule has 1 fully saturated rings. The van der Waals surface area contributed by atoms with Crippen molar-refractivity contribution in [2.45, 2.75) is 33.1 Å². The number of rotatable bonds is 3. The van der Waals surface area contributed by atoms with Crippen molar-refractivity contribution in [1.82, 2.24) is 9.97 Å². The Hall–Kier alpha value is -0.880. The Morgan fingerprint density at radius 2 is 2.16 bits per heavy atom. The SMILES string of the molecule is CC(C)C1CCCN(c2ncnc(NN)c2Br)CC1. The van der Waals surface area contributed by atoms with Crippen LogP contribution >= 0.6 is 15.9 Å². The van der Waals surface area contributed by atoms with Crippen LogP contribution in [0.2, 0.25) is 0 Å². The number of nitrogens with zero attached hydrogens (tertiary/aromatic N) is 3. The van der Waals surface area contributed by atoms with Gasteiger partial charge in [-0.1, -0.05) is 13.8 Å². The summed E-state index contributed by atoms with van der Waals surface area (Å²) in [5.41, 5.74) is 2.59. The summed E-state index contributed by atoms with van der Waals surface area (Å²) >= 11 is 3.54. The van der Waals surface area contributed by atoms with Gasteiger partial charge in [0.05, 0.1) is 0 Å². The first-order valence-corrected chi connectivity index (χ1v) is 7.64. The number of anilines is 2. The minimum absolute atomic E-state index is 0.634. The number of nitrogens with one attached hydrogen (secondary N) is 1. The van der Waals surface area contributed by atoms with Gasteiger partial charge < -0.3 is 10.3 Å². The fourth-order valence-electron chi connectivity index (χ4n) is 2.68. The van der Waals surface area contributed by atoms with Crippen molar-refractivity contribution in [2.75, 3.05) is 23.4 Å². The lowest BCUT2D eigenvalue weighted by molar-refractivity contribution is 0.351. The maximum atomic E-state index is 5.45. The molecule has 0 aromatic carbocycles. The van der Waals surface area contributed by atoms with E-state index in [1.807, 2.05) is 0 Å². The van der Waals surface area contributed by atoms with Gasteiger partial charge in [0.25, 0.3) is 0 Å². The summed E-state index contributed by atoms with van der Waals surface area (Å²) in [6, 6.07) is 0. The number of hydrogen-bond donors (Lipinski definition) is 2. The summed E-state index contributed by atoms with van der Waals surface area (Å²) in [6.07, 6.45) is 5.29. The first-order valence-electron chi connectivity index (χ1n) is 6.85. The highest BCUT2D eigenvalue weighted by Crippen LogP contribution is 2.32. The number of hydrazine groups is 1. The summed E-state index contributed by atoms with van der Waals surface area (Å²) in [6.45, 7) is 6.72. The van der Waals surface area contributed by atoms with Crippen molar-refractivity contribution >= 4 is 27.6 Å². The van der Waals surface area contributed by atoms with E-state index in [2.05, 4.69) is 50.1 Å². The molecule has 1 atom stereocenters. The molecule has 0 saturated carbocycles. The molecule has 1 aromatic rings. The maximum Gasteiger partial charge on any atom is 0.159 e. The maximum absolute atomic E-state index is 5.45. The third-order valence-electron chi connectivity index (χ3n) is 3.92. The Morgan fingerprint density at radius 3 is 2.84 bits per heavy atom. The van der Waals surface area contributed by atoms with Crippen molar-refractivity contribution in [2.24, 2.45) is 17.7 Å². The summed E-state index contributed by atoms with van der Waals surface area (Å²) in [5.74, 6) is 8.60. The summed E-state index contributed by atoms with van der Waals surface area (Å²) in [4.78, 5) is 10.8. The van der Waals surface area contributed by atoms with Crippen LogP contribution < -0.4 is 16.2 Å². The Labute approximate surface area is 123 Å². The van der Waals surface area contributed by atoms with E-state index < -0.39 is 0 Å². The van der Waals surface area contributed by atoms with Gasteiger partial charge in [0.15, 0.2) is 5.82 Å². The van der Waals surface area contributed by atoms with Gasteiger partial charge in [0.1, 0.15) is 16.6 Å². The molecule has 6 heteroatoms.